The first kappa shape index (κ1) is 14.4. The van der Waals surface area contributed by atoms with Gasteiger partial charge in [-0.3, -0.25) is 9.78 Å². The van der Waals surface area contributed by atoms with Gasteiger partial charge in [0.2, 0.25) is 0 Å². The fourth-order valence-corrected chi connectivity index (χ4v) is 2.80. The molecule has 22 heavy (non-hydrogen) atoms. The van der Waals surface area contributed by atoms with Crippen molar-refractivity contribution in [1.29, 1.82) is 0 Å². The minimum absolute atomic E-state index is 0.212. The normalized spacial score (nSPS) is 17.5. The van der Waals surface area contributed by atoms with Gasteiger partial charge in [0, 0.05) is 32.5 Å². The van der Waals surface area contributed by atoms with E-state index in [4.69, 9.17) is 0 Å². The molecule has 0 aromatic carbocycles. The molecule has 6 heteroatoms. The predicted octanol–water partition coefficient (Wildman–Crippen LogP) is 1.30. The van der Waals surface area contributed by atoms with Crippen LogP contribution in [-0.2, 0) is 6.42 Å². The van der Waals surface area contributed by atoms with Crippen molar-refractivity contribution in [3.8, 4) is 0 Å². The molecular formula is C16H19N5O. The molecule has 0 saturated carbocycles. The highest BCUT2D eigenvalue weighted by Crippen LogP contribution is 2.24. The van der Waals surface area contributed by atoms with Crippen LogP contribution in [0, 0.1) is 5.92 Å². The number of pyridine rings is 1. The molecule has 2 aromatic heterocycles. The number of amides is 1. The van der Waals surface area contributed by atoms with Crippen LogP contribution < -0.4 is 10.2 Å². The van der Waals surface area contributed by atoms with Gasteiger partial charge in [-0.05, 0) is 48.6 Å². The fourth-order valence-electron chi connectivity index (χ4n) is 2.80. The lowest BCUT2D eigenvalue weighted by atomic mass is 10.00. The van der Waals surface area contributed by atoms with Gasteiger partial charge in [-0.15, -0.1) is 10.2 Å². The smallest absolute Gasteiger partial charge is 0.271 e. The Balaban J connectivity index is 1.61. The molecule has 1 atom stereocenters. The molecule has 0 aliphatic carbocycles. The van der Waals surface area contributed by atoms with Gasteiger partial charge in [-0.25, -0.2) is 0 Å². The summed E-state index contributed by atoms with van der Waals surface area (Å²) >= 11 is 0. The fraction of sp³-hybridized carbons (Fsp3) is 0.375. The van der Waals surface area contributed by atoms with Crippen molar-refractivity contribution in [2.45, 2.75) is 12.8 Å². The third-order valence-electron chi connectivity index (χ3n) is 3.99. The van der Waals surface area contributed by atoms with Crippen LogP contribution in [0.3, 0.4) is 0 Å². The number of rotatable bonds is 4. The Morgan fingerprint density at radius 2 is 2.09 bits per heavy atom. The molecule has 1 aliphatic rings. The van der Waals surface area contributed by atoms with Gasteiger partial charge < -0.3 is 10.2 Å². The average molecular weight is 297 g/mol. The van der Waals surface area contributed by atoms with Crippen LogP contribution >= 0.6 is 0 Å². The SMILES string of the molecule is CNC(=O)c1ccc(N2CCC(Cc3ccncc3)C2)nn1. The molecular weight excluding hydrogens is 278 g/mol. The number of hydrogen-bond acceptors (Lipinski definition) is 5. The van der Waals surface area contributed by atoms with Crippen molar-refractivity contribution < 1.29 is 4.79 Å². The molecule has 1 fully saturated rings. The van der Waals surface area contributed by atoms with E-state index in [0.717, 1.165) is 31.7 Å². The second-order valence-corrected chi connectivity index (χ2v) is 5.52. The second-order valence-electron chi connectivity index (χ2n) is 5.52. The molecule has 1 unspecified atom stereocenters. The van der Waals surface area contributed by atoms with E-state index < -0.39 is 0 Å². The Morgan fingerprint density at radius 1 is 1.27 bits per heavy atom. The summed E-state index contributed by atoms with van der Waals surface area (Å²) in [5.41, 5.74) is 1.67. The Bertz CT molecular complexity index is 629. The Labute approximate surface area is 129 Å². The zero-order valence-electron chi connectivity index (χ0n) is 12.6. The van der Waals surface area contributed by atoms with E-state index in [-0.39, 0.29) is 5.91 Å². The van der Waals surface area contributed by atoms with Crippen LogP contribution in [0.4, 0.5) is 5.82 Å². The Kier molecular flexibility index (Phi) is 4.27. The molecule has 1 N–H and O–H groups in total. The highest BCUT2D eigenvalue weighted by molar-refractivity contribution is 5.91. The number of anilines is 1. The van der Waals surface area contributed by atoms with E-state index in [2.05, 4.69) is 37.5 Å². The zero-order chi connectivity index (χ0) is 15.4. The lowest BCUT2D eigenvalue weighted by Gasteiger charge is -2.17. The molecule has 3 rings (SSSR count). The minimum Gasteiger partial charge on any atom is -0.355 e. The summed E-state index contributed by atoms with van der Waals surface area (Å²) in [5.74, 6) is 1.24. The van der Waals surface area contributed by atoms with Crippen LogP contribution in [0.15, 0.2) is 36.7 Å². The van der Waals surface area contributed by atoms with Crippen LogP contribution in [-0.4, -0.2) is 41.2 Å². The summed E-state index contributed by atoms with van der Waals surface area (Å²) in [6.07, 6.45) is 5.88. The standard InChI is InChI=1S/C16H19N5O/c1-17-16(22)14-2-3-15(20-19-14)21-9-6-13(11-21)10-12-4-7-18-8-5-12/h2-5,7-8,13H,6,9-11H2,1H3,(H,17,22). The van der Waals surface area contributed by atoms with Crippen molar-refractivity contribution in [3.63, 3.8) is 0 Å². The van der Waals surface area contributed by atoms with Gasteiger partial charge >= 0.3 is 0 Å². The quantitative estimate of drug-likeness (QED) is 0.921. The second kappa shape index (κ2) is 6.51. The van der Waals surface area contributed by atoms with Crippen LogP contribution in [0.1, 0.15) is 22.5 Å². The lowest BCUT2D eigenvalue weighted by molar-refractivity contribution is 0.0957. The largest absolute Gasteiger partial charge is 0.355 e. The average Bonchev–Trinajstić information content (AvgIpc) is 3.04. The predicted molar refractivity (Wildman–Crippen MR) is 83.7 cm³/mol. The maximum atomic E-state index is 11.5. The summed E-state index contributed by atoms with van der Waals surface area (Å²) in [4.78, 5) is 17.7. The zero-order valence-corrected chi connectivity index (χ0v) is 12.6. The summed E-state index contributed by atoms with van der Waals surface area (Å²) < 4.78 is 0. The highest BCUT2D eigenvalue weighted by Gasteiger charge is 2.24. The van der Waals surface area contributed by atoms with Gasteiger partial charge in [0.25, 0.3) is 5.91 Å². The van der Waals surface area contributed by atoms with E-state index in [1.807, 2.05) is 18.5 Å². The van der Waals surface area contributed by atoms with Gasteiger partial charge in [-0.2, -0.15) is 0 Å². The minimum atomic E-state index is -0.212. The first-order valence-corrected chi connectivity index (χ1v) is 7.46. The number of carbonyl (C=O) groups is 1. The topological polar surface area (TPSA) is 71.0 Å². The van der Waals surface area contributed by atoms with Crippen molar-refractivity contribution in [3.05, 3.63) is 47.9 Å². The van der Waals surface area contributed by atoms with Crippen molar-refractivity contribution >= 4 is 11.7 Å². The number of hydrogen-bond donors (Lipinski definition) is 1. The van der Waals surface area contributed by atoms with Gasteiger partial charge in [0.05, 0.1) is 0 Å². The van der Waals surface area contributed by atoms with Crippen LogP contribution in [0.25, 0.3) is 0 Å². The summed E-state index contributed by atoms with van der Waals surface area (Å²) in [5, 5.41) is 10.7. The first-order valence-electron chi connectivity index (χ1n) is 7.46. The van der Waals surface area contributed by atoms with Crippen LogP contribution in [0.5, 0.6) is 0 Å². The van der Waals surface area contributed by atoms with Crippen LogP contribution in [0.2, 0.25) is 0 Å². The highest BCUT2D eigenvalue weighted by atomic mass is 16.1. The molecule has 0 bridgehead atoms. The number of nitrogens with one attached hydrogen (secondary N) is 1. The maximum Gasteiger partial charge on any atom is 0.271 e. The third kappa shape index (κ3) is 3.21. The molecule has 3 heterocycles. The van der Waals surface area contributed by atoms with Gasteiger partial charge in [0.15, 0.2) is 11.5 Å². The Hall–Kier alpha value is -2.50. The van der Waals surface area contributed by atoms with Crippen molar-refractivity contribution in [2.75, 3.05) is 25.0 Å². The number of carbonyl (C=O) groups excluding carboxylic acids is 1. The van der Waals surface area contributed by atoms with Crippen molar-refractivity contribution in [2.24, 2.45) is 5.92 Å². The molecule has 114 valence electrons. The monoisotopic (exact) mass is 297 g/mol. The number of aromatic nitrogens is 3. The van der Waals surface area contributed by atoms with Crippen molar-refractivity contribution in [1.82, 2.24) is 20.5 Å². The van der Waals surface area contributed by atoms with E-state index >= 15 is 0 Å². The van der Waals surface area contributed by atoms with E-state index in [1.54, 1.807) is 13.1 Å². The molecule has 1 saturated heterocycles. The number of nitrogens with zero attached hydrogens (tertiary/aromatic N) is 4. The molecule has 0 spiro atoms. The molecule has 1 aliphatic heterocycles. The summed E-state index contributed by atoms with van der Waals surface area (Å²) in [6, 6.07) is 7.73. The molecule has 1 amide bonds. The molecule has 0 radical (unpaired) electrons. The van der Waals surface area contributed by atoms with E-state index in [0.29, 0.717) is 11.6 Å². The summed E-state index contributed by atoms with van der Waals surface area (Å²) in [6.45, 7) is 1.94. The van der Waals surface area contributed by atoms with Gasteiger partial charge in [-0.1, -0.05) is 0 Å². The van der Waals surface area contributed by atoms with Gasteiger partial charge in [0.1, 0.15) is 0 Å². The van der Waals surface area contributed by atoms with E-state index in [1.165, 1.54) is 5.56 Å². The first-order chi connectivity index (χ1) is 10.8. The molecule has 6 nitrogen and oxygen atoms in total. The van der Waals surface area contributed by atoms with E-state index in [9.17, 15) is 4.79 Å². The maximum absolute atomic E-state index is 11.5. The molecule has 2 aromatic rings. The third-order valence-corrected chi connectivity index (χ3v) is 3.99. The lowest BCUT2D eigenvalue weighted by Crippen LogP contribution is -2.23. The summed E-state index contributed by atoms with van der Waals surface area (Å²) in [7, 11) is 1.59. The Morgan fingerprint density at radius 3 is 2.77 bits per heavy atom.